The number of nitrogens with zero attached hydrogens (tertiary/aromatic N) is 2. The Morgan fingerprint density at radius 2 is 1.88 bits per heavy atom. The maximum Gasteiger partial charge on any atom is 0.224 e. The van der Waals surface area contributed by atoms with Crippen molar-refractivity contribution in [2.45, 2.75) is 12.8 Å². The minimum absolute atomic E-state index is 0.0122. The second-order valence-electron chi connectivity index (χ2n) is 3.65. The molecule has 0 unspecified atom stereocenters. The van der Waals surface area contributed by atoms with Gasteiger partial charge in [-0.05, 0) is 30.2 Å². The number of hydrogen-bond acceptors (Lipinski definition) is 3. The third kappa shape index (κ3) is 3.68. The predicted molar refractivity (Wildman–Crippen MR) is 65.4 cm³/mol. The summed E-state index contributed by atoms with van der Waals surface area (Å²) in [6, 6.07) is 7.43. The number of nitrogens with one attached hydrogen (secondary N) is 1. The molecule has 0 saturated heterocycles. The lowest BCUT2D eigenvalue weighted by Crippen LogP contribution is -2.12. The SMILES string of the molecule is O=C(CCc1cccnc1)Nc1cccnc1. The van der Waals surface area contributed by atoms with Gasteiger partial charge in [0.05, 0.1) is 11.9 Å². The lowest BCUT2D eigenvalue weighted by atomic mass is 10.1. The zero-order valence-electron chi connectivity index (χ0n) is 9.34. The monoisotopic (exact) mass is 227 g/mol. The van der Waals surface area contributed by atoms with Crippen molar-refractivity contribution in [3.05, 3.63) is 54.6 Å². The molecule has 0 aliphatic rings. The van der Waals surface area contributed by atoms with Crippen LogP contribution in [0.15, 0.2) is 49.1 Å². The Morgan fingerprint density at radius 1 is 1.12 bits per heavy atom. The zero-order chi connectivity index (χ0) is 11.9. The third-order valence-corrected chi connectivity index (χ3v) is 2.31. The first-order valence-corrected chi connectivity index (χ1v) is 5.43. The van der Waals surface area contributed by atoms with E-state index in [1.807, 2.05) is 18.2 Å². The van der Waals surface area contributed by atoms with E-state index >= 15 is 0 Å². The first kappa shape index (κ1) is 11.3. The van der Waals surface area contributed by atoms with Crippen molar-refractivity contribution < 1.29 is 4.79 Å². The molecule has 0 fully saturated rings. The third-order valence-electron chi connectivity index (χ3n) is 2.31. The number of aromatic nitrogens is 2. The summed E-state index contributed by atoms with van der Waals surface area (Å²) in [4.78, 5) is 19.6. The van der Waals surface area contributed by atoms with E-state index in [0.717, 1.165) is 11.3 Å². The fourth-order valence-electron chi connectivity index (χ4n) is 1.46. The predicted octanol–water partition coefficient (Wildman–Crippen LogP) is 2.05. The lowest BCUT2D eigenvalue weighted by molar-refractivity contribution is -0.116. The van der Waals surface area contributed by atoms with E-state index in [0.29, 0.717) is 12.8 Å². The van der Waals surface area contributed by atoms with Crippen LogP contribution in [0.25, 0.3) is 0 Å². The van der Waals surface area contributed by atoms with Gasteiger partial charge in [0.2, 0.25) is 5.91 Å². The van der Waals surface area contributed by atoms with Crippen LogP contribution in [0.3, 0.4) is 0 Å². The number of rotatable bonds is 4. The van der Waals surface area contributed by atoms with Crippen molar-refractivity contribution in [2.24, 2.45) is 0 Å². The Hall–Kier alpha value is -2.23. The van der Waals surface area contributed by atoms with Crippen LogP contribution in [0.1, 0.15) is 12.0 Å². The first-order chi connectivity index (χ1) is 8.34. The largest absolute Gasteiger partial charge is 0.325 e. The van der Waals surface area contributed by atoms with E-state index in [-0.39, 0.29) is 5.91 Å². The number of carbonyl (C=O) groups excluding carboxylic acids is 1. The van der Waals surface area contributed by atoms with Crippen molar-refractivity contribution >= 4 is 11.6 Å². The molecule has 1 N–H and O–H groups in total. The number of aryl methyl sites for hydroxylation is 1. The van der Waals surface area contributed by atoms with Crippen LogP contribution in [0.5, 0.6) is 0 Å². The summed E-state index contributed by atoms with van der Waals surface area (Å²) in [7, 11) is 0. The number of pyridine rings is 2. The molecule has 0 spiro atoms. The highest BCUT2D eigenvalue weighted by atomic mass is 16.1. The number of hydrogen-bond donors (Lipinski definition) is 1. The van der Waals surface area contributed by atoms with Crippen LogP contribution in [0.4, 0.5) is 5.69 Å². The minimum Gasteiger partial charge on any atom is -0.325 e. The van der Waals surface area contributed by atoms with Gasteiger partial charge in [0.1, 0.15) is 0 Å². The van der Waals surface area contributed by atoms with Crippen molar-refractivity contribution in [2.75, 3.05) is 5.32 Å². The Balaban J connectivity index is 1.83. The van der Waals surface area contributed by atoms with Gasteiger partial charge in [-0.1, -0.05) is 6.07 Å². The molecule has 4 nitrogen and oxygen atoms in total. The Bertz CT molecular complexity index is 471. The molecular formula is C13H13N3O. The Kier molecular flexibility index (Phi) is 3.81. The molecule has 4 heteroatoms. The minimum atomic E-state index is -0.0122. The van der Waals surface area contributed by atoms with Gasteiger partial charge in [-0.25, -0.2) is 0 Å². The summed E-state index contributed by atoms with van der Waals surface area (Å²) in [6.45, 7) is 0. The summed E-state index contributed by atoms with van der Waals surface area (Å²) in [5.41, 5.74) is 1.79. The summed E-state index contributed by atoms with van der Waals surface area (Å²) in [5, 5.41) is 2.79. The van der Waals surface area contributed by atoms with Crippen LogP contribution in [0, 0.1) is 0 Å². The summed E-state index contributed by atoms with van der Waals surface area (Å²) >= 11 is 0. The van der Waals surface area contributed by atoms with E-state index < -0.39 is 0 Å². The first-order valence-electron chi connectivity index (χ1n) is 5.43. The molecule has 0 aromatic carbocycles. The second kappa shape index (κ2) is 5.75. The molecule has 2 aromatic heterocycles. The fourth-order valence-corrected chi connectivity index (χ4v) is 1.46. The molecule has 2 aromatic rings. The van der Waals surface area contributed by atoms with Gasteiger partial charge >= 0.3 is 0 Å². The van der Waals surface area contributed by atoms with E-state index in [2.05, 4.69) is 15.3 Å². The number of amides is 1. The van der Waals surface area contributed by atoms with E-state index in [1.54, 1.807) is 30.9 Å². The molecule has 0 aliphatic heterocycles. The Morgan fingerprint density at radius 3 is 2.53 bits per heavy atom. The molecule has 0 radical (unpaired) electrons. The van der Waals surface area contributed by atoms with Crippen LogP contribution in [-0.2, 0) is 11.2 Å². The van der Waals surface area contributed by atoms with E-state index in [4.69, 9.17) is 0 Å². The van der Waals surface area contributed by atoms with Gasteiger partial charge in [0, 0.05) is 25.0 Å². The quantitative estimate of drug-likeness (QED) is 0.869. The number of carbonyl (C=O) groups is 1. The molecule has 0 bridgehead atoms. The molecule has 2 heterocycles. The van der Waals surface area contributed by atoms with Gasteiger partial charge in [-0.15, -0.1) is 0 Å². The molecule has 0 aliphatic carbocycles. The van der Waals surface area contributed by atoms with Crippen LogP contribution in [0.2, 0.25) is 0 Å². The standard InChI is InChI=1S/C13H13N3O/c17-13(16-12-4-2-8-15-10-12)6-5-11-3-1-7-14-9-11/h1-4,7-10H,5-6H2,(H,16,17). The molecule has 0 atom stereocenters. The summed E-state index contributed by atoms with van der Waals surface area (Å²) in [6.07, 6.45) is 7.93. The van der Waals surface area contributed by atoms with Crippen molar-refractivity contribution in [3.63, 3.8) is 0 Å². The maximum atomic E-state index is 11.6. The van der Waals surface area contributed by atoms with Crippen molar-refractivity contribution in [3.8, 4) is 0 Å². The van der Waals surface area contributed by atoms with Gasteiger partial charge in [-0.2, -0.15) is 0 Å². The number of anilines is 1. The molecule has 17 heavy (non-hydrogen) atoms. The lowest BCUT2D eigenvalue weighted by Gasteiger charge is -2.04. The summed E-state index contributed by atoms with van der Waals surface area (Å²) in [5.74, 6) is -0.0122. The fraction of sp³-hybridized carbons (Fsp3) is 0.154. The summed E-state index contributed by atoms with van der Waals surface area (Å²) < 4.78 is 0. The highest BCUT2D eigenvalue weighted by molar-refractivity contribution is 5.90. The van der Waals surface area contributed by atoms with Gasteiger partial charge in [0.25, 0.3) is 0 Å². The van der Waals surface area contributed by atoms with Gasteiger partial charge < -0.3 is 5.32 Å². The van der Waals surface area contributed by atoms with E-state index in [9.17, 15) is 4.79 Å². The van der Waals surface area contributed by atoms with Crippen LogP contribution >= 0.6 is 0 Å². The Labute approximate surface area is 99.7 Å². The smallest absolute Gasteiger partial charge is 0.224 e. The average molecular weight is 227 g/mol. The highest BCUT2D eigenvalue weighted by Gasteiger charge is 2.02. The normalized spacial score (nSPS) is 9.88. The molecule has 1 amide bonds. The molecule has 0 saturated carbocycles. The zero-order valence-corrected chi connectivity index (χ0v) is 9.34. The molecular weight excluding hydrogens is 214 g/mol. The van der Waals surface area contributed by atoms with E-state index in [1.165, 1.54) is 0 Å². The molecule has 86 valence electrons. The highest BCUT2D eigenvalue weighted by Crippen LogP contribution is 2.05. The van der Waals surface area contributed by atoms with Crippen LogP contribution < -0.4 is 5.32 Å². The van der Waals surface area contributed by atoms with Crippen LogP contribution in [-0.4, -0.2) is 15.9 Å². The van der Waals surface area contributed by atoms with Gasteiger partial charge in [0.15, 0.2) is 0 Å². The van der Waals surface area contributed by atoms with Crippen molar-refractivity contribution in [1.29, 1.82) is 0 Å². The van der Waals surface area contributed by atoms with Crippen molar-refractivity contribution in [1.82, 2.24) is 9.97 Å². The van der Waals surface area contributed by atoms with Gasteiger partial charge in [-0.3, -0.25) is 14.8 Å². The molecule has 2 rings (SSSR count). The maximum absolute atomic E-state index is 11.6. The topological polar surface area (TPSA) is 54.9 Å². The second-order valence-corrected chi connectivity index (χ2v) is 3.65. The average Bonchev–Trinajstić information content (AvgIpc) is 2.39.